The van der Waals surface area contributed by atoms with E-state index in [0.717, 1.165) is 5.69 Å². The smallest absolute Gasteiger partial charge is 0.237 e. The van der Waals surface area contributed by atoms with Crippen LogP contribution >= 0.6 is 0 Å². The number of nitrogens with one attached hydrogen (secondary N) is 2. The summed E-state index contributed by atoms with van der Waals surface area (Å²) in [5, 5.41) is 2.63. The molecule has 0 fully saturated rings. The molecule has 0 spiro atoms. The first kappa shape index (κ1) is 14.4. The zero-order valence-corrected chi connectivity index (χ0v) is 10.7. The number of amides is 1. The molecule has 1 heterocycles. The van der Waals surface area contributed by atoms with Crippen molar-refractivity contribution >= 4 is 12.2 Å². The summed E-state index contributed by atoms with van der Waals surface area (Å²) in [6, 6.07) is -1.15. The Balaban J connectivity index is 2.47. The quantitative estimate of drug-likeness (QED) is 0.595. The minimum Gasteiger partial charge on any atom is -0.348 e. The van der Waals surface area contributed by atoms with Gasteiger partial charge in [0.2, 0.25) is 5.91 Å². The number of nitrogens with zero attached hydrogens (tertiary/aromatic N) is 1. The molecule has 1 unspecified atom stereocenters. The molecule has 0 bridgehead atoms. The maximum absolute atomic E-state index is 11.8. The highest BCUT2D eigenvalue weighted by atomic mass is 16.2. The predicted octanol–water partition coefficient (Wildman–Crippen LogP) is 0.00930. The molecule has 18 heavy (non-hydrogen) atoms. The van der Waals surface area contributed by atoms with Gasteiger partial charge in [-0.1, -0.05) is 13.8 Å². The molecular formula is C12H20N4O2. The first-order valence-electron chi connectivity index (χ1n) is 6.01. The van der Waals surface area contributed by atoms with E-state index in [4.69, 9.17) is 5.73 Å². The van der Waals surface area contributed by atoms with Crippen LogP contribution in [0.1, 0.15) is 26.0 Å². The third-order valence-corrected chi connectivity index (χ3v) is 2.55. The Morgan fingerprint density at radius 3 is 2.83 bits per heavy atom. The van der Waals surface area contributed by atoms with Crippen LogP contribution in [0.2, 0.25) is 0 Å². The monoisotopic (exact) mass is 252 g/mol. The highest BCUT2D eigenvalue weighted by Crippen LogP contribution is 2.03. The van der Waals surface area contributed by atoms with Gasteiger partial charge in [0, 0.05) is 18.3 Å². The molecule has 4 N–H and O–H groups in total. The van der Waals surface area contributed by atoms with Gasteiger partial charge in [-0.15, -0.1) is 0 Å². The Bertz CT molecular complexity index is 375. The van der Waals surface area contributed by atoms with Crippen LogP contribution in [0, 0.1) is 5.92 Å². The summed E-state index contributed by atoms with van der Waals surface area (Å²) in [6.45, 7) is 3.99. The third-order valence-electron chi connectivity index (χ3n) is 2.55. The number of carbonyl (C=O) groups excluding carboxylic acids is 2. The van der Waals surface area contributed by atoms with Crippen molar-refractivity contribution in [2.24, 2.45) is 11.7 Å². The normalized spacial score (nSPS) is 14.2. The van der Waals surface area contributed by atoms with Crippen LogP contribution in [0.4, 0.5) is 0 Å². The van der Waals surface area contributed by atoms with E-state index in [0.29, 0.717) is 25.0 Å². The zero-order chi connectivity index (χ0) is 13.5. The molecule has 0 aliphatic rings. The van der Waals surface area contributed by atoms with Gasteiger partial charge in [-0.2, -0.15) is 0 Å². The van der Waals surface area contributed by atoms with Crippen LogP contribution in [0.5, 0.6) is 0 Å². The number of hydrogen-bond acceptors (Lipinski definition) is 4. The second-order valence-corrected chi connectivity index (χ2v) is 4.77. The van der Waals surface area contributed by atoms with Crippen LogP contribution < -0.4 is 11.1 Å². The maximum Gasteiger partial charge on any atom is 0.237 e. The largest absolute Gasteiger partial charge is 0.348 e. The summed E-state index contributed by atoms with van der Waals surface area (Å²) in [5.41, 5.74) is 6.54. The van der Waals surface area contributed by atoms with E-state index in [2.05, 4.69) is 15.3 Å². The fraction of sp³-hybridized carbons (Fsp3) is 0.583. The van der Waals surface area contributed by atoms with Crippen molar-refractivity contribution in [2.75, 3.05) is 0 Å². The van der Waals surface area contributed by atoms with Crippen molar-refractivity contribution in [1.82, 2.24) is 15.3 Å². The van der Waals surface area contributed by atoms with Crippen LogP contribution in [0.15, 0.2) is 12.5 Å². The van der Waals surface area contributed by atoms with Gasteiger partial charge >= 0.3 is 0 Å². The van der Waals surface area contributed by atoms with Crippen molar-refractivity contribution in [3.63, 3.8) is 0 Å². The summed E-state index contributed by atoms with van der Waals surface area (Å²) in [4.78, 5) is 29.4. The zero-order valence-electron chi connectivity index (χ0n) is 10.7. The van der Waals surface area contributed by atoms with Gasteiger partial charge in [-0.3, -0.25) is 4.79 Å². The molecule has 0 aliphatic heterocycles. The third kappa shape index (κ3) is 4.67. The average Bonchev–Trinajstić information content (AvgIpc) is 2.79. The van der Waals surface area contributed by atoms with E-state index >= 15 is 0 Å². The summed E-state index contributed by atoms with van der Waals surface area (Å²) >= 11 is 0. The highest BCUT2D eigenvalue weighted by molar-refractivity contribution is 5.84. The lowest BCUT2D eigenvalue weighted by atomic mass is 10.0. The first-order valence-corrected chi connectivity index (χ1v) is 6.01. The number of aldehydes is 1. The van der Waals surface area contributed by atoms with Crippen molar-refractivity contribution in [2.45, 2.75) is 38.8 Å². The summed E-state index contributed by atoms with van der Waals surface area (Å²) < 4.78 is 0. The van der Waals surface area contributed by atoms with Gasteiger partial charge in [0.1, 0.15) is 6.29 Å². The second kappa shape index (κ2) is 6.90. The Morgan fingerprint density at radius 1 is 1.61 bits per heavy atom. The van der Waals surface area contributed by atoms with E-state index < -0.39 is 12.1 Å². The first-order chi connectivity index (χ1) is 8.52. The summed E-state index contributed by atoms with van der Waals surface area (Å²) in [6.07, 6.45) is 4.85. The molecule has 0 radical (unpaired) electrons. The van der Waals surface area contributed by atoms with Crippen LogP contribution in [-0.2, 0) is 16.0 Å². The van der Waals surface area contributed by atoms with Crippen LogP contribution in [0.25, 0.3) is 0 Å². The lowest BCUT2D eigenvalue weighted by Gasteiger charge is -2.17. The van der Waals surface area contributed by atoms with Gasteiger partial charge in [0.05, 0.1) is 18.4 Å². The summed E-state index contributed by atoms with van der Waals surface area (Å²) in [7, 11) is 0. The molecule has 0 saturated heterocycles. The van der Waals surface area contributed by atoms with Crippen LogP contribution in [0.3, 0.4) is 0 Å². The molecular weight excluding hydrogens is 232 g/mol. The van der Waals surface area contributed by atoms with E-state index in [1.807, 2.05) is 13.8 Å². The Kier molecular flexibility index (Phi) is 5.51. The molecule has 0 saturated carbocycles. The molecule has 1 rings (SSSR count). The van der Waals surface area contributed by atoms with Gasteiger partial charge in [0.15, 0.2) is 0 Å². The molecule has 100 valence electrons. The van der Waals surface area contributed by atoms with Crippen molar-refractivity contribution in [3.05, 3.63) is 18.2 Å². The number of carbonyl (C=O) groups is 2. The molecule has 0 aliphatic carbocycles. The highest BCUT2D eigenvalue weighted by Gasteiger charge is 2.19. The number of hydrogen-bond donors (Lipinski definition) is 3. The van der Waals surface area contributed by atoms with E-state index in [-0.39, 0.29) is 5.91 Å². The van der Waals surface area contributed by atoms with Gasteiger partial charge < -0.3 is 20.8 Å². The fourth-order valence-corrected chi connectivity index (χ4v) is 1.67. The number of aromatic nitrogens is 2. The number of nitrogens with two attached hydrogens (primary N) is 1. The number of rotatable bonds is 7. The lowest BCUT2D eigenvalue weighted by molar-refractivity contribution is -0.125. The minimum atomic E-state index is -0.575. The molecule has 6 heteroatoms. The van der Waals surface area contributed by atoms with Crippen molar-refractivity contribution in [1.29, 1.82) is 0 Å². The average molecular weight is 252 g/mol. The molecule has 6 nitrogen and oxygen atoms in total. The SMILES string of the molecule is CC(C)CC(N)C(=O)N[C@H](C=O)Cc1cnc[nH]1. The fourth-order valence-electron chi connectivity index (χ4n) is 1.67. The van der Waals surface area contributed by atoms with Gasteiger partial charge in [0.25, 0.3) is 0 Å². The molecule has 1 aromatic heterocycles. The Labute approximate surface area is 106 Å². The second-order valence-electron chi connectivity index (χ2n) is 4.77. The Morgan fingerprint density at radius 2 is 2.33 bits per heavy atom. The van der Waals surface area contributed by atoms with Crippen LogP contribution in [-0.4, -0.2) is 34.2 Å². The maximum atomic E-state index is 11.8. The number of H-pyrrole nitrogens is 1. The topological polar surface area (TPSA) is 101 Å². The number of imidazole rings is 1. The van der Waals surface area contributed by atoms with Gasteiger partial charge in [-0.25, -0.2) is 4.98 Å². The Hall–Kier alpha value is -1.69. The van der Waals surface area contributed by atoms with Gasteiger partial charge in [-0.05, 0) is 12.3 Å². The standard InChI is InChI=1S/C12H20N4O2/c1-8(2)3-11(13)12(18)16-10(6-17)4-9-5-14-7-15-9/h5-8,10-11H,3-4,13H2,1-2H3,(H,14,15)(H,16,18)/t10-,11?/m0/s1. The molecule has 1 amide bonds. The van der Waals surface area contributed by atoms with E-state index in [1.165, 1.54) is 6.33 Å². The number of aromatic amines is 1. The van der Waals surface area contributed by atoms with Crippen molar-refractivity contribution < 1.29 is 9.59 Å². The molecule has 0 aromatic carbocycles. The lowest BCUT2D eigenvalue weighted by Crippen LogP contribution is -2.47. The minimum absolute atomic E-state index is 0.291. The van der Waals surface area contributed by atoms with E-state index in [1.54, 1.807) is 6.20 Å². The van der Waals surface area contributed by atoms with Crippen molar-refractivity contribution in [3.8, 4) is 0 Å². The van der Waals surface area contributed by atoms with E-state index in [9.17, 15) is 9.59 Å². The predicted molar refractivity (Wildman–Crippen MR) is 67.7 cm³/mol. The molecule has 1 aromatic rings. The summed E-state index contributed by atoms with van der Waals surface area (Å²) in [5.74, 6) is 0.0494. The molecule has 2 atom stereocenters.